The topological polar surface area (TPSA) is 55.8 Å². The van der Waals surface area contributed by atoms with Crippen LogP contribution in [0.3, 0.4) is 0 Å². The summed E-state index contributed by atoms with van der Waals surface area (Å²) in [6, 6.07) is 6.09. The van der Waals surface area contributed by atoms with E-state index in [1.165, 1.54) is 58.3 Å². The van der Waals surface area contributed by atoms with Crippen LogP contribution in [-0.4, -0.2) is 79.1 Å². The minimum Gasteiger partial charge on any atom is -0.357 e. The maximum absolute atomic E-state index is 5.05. The van der Waals surface area contributed by atoms with Crippen molar-refractivity contribution < 1.29 is 0 Å². The molecule has 0 aliphatic carbocycles. The quantitative estimate of drug-likeness (QED) is 0.555. The molecular weight excluding hydrogens is 348 g/mol. The van der Waals surface area contributed by atoms with Crippen molar-refractivity contribution in [2.45, 2.75) is 51.0 Å². The zero-order valence-electron chi connectivity index (χ0n) is 17.8. The van der Waals surface area contributed by atoms with Crippen molar-refractivity contribution in [3.8, 4) is 0 Å². The van der Waals surface area contributed by atoms with E-state index in [0.29, 0.717) is 0 Å². The first-order valence-electron chi connectivity index (χ1n) is 11.1. The van der Waals surface area contributed by atoms with Crippen molar-refractivity contribution in [1.29, 1.82) is 0 Å². The third kappa shape index (κ3) is 5.92. The van der Waals surface area contributed by atoms with Gasteiger partial charge in [0.15, 0.2) is 5.96 Å². The van der Waals surface area contributed by atoms with Gasteiger partial charge in [-0.15, -0.1) is 0 Å². The van der Waals surface area contributed by atoms with Crippen molar-refractivity contribution in [3.63, 3.8) is 0 Å². The number of likely N-dealkylation sites (tertiary alicyclic amines) is 2. The smallest absolute Gasteiger partial charge is 0.191 e. The number of rotatable bonds is 7. The van der Waals surface area contributed by atoms with Crippen LogP contribution >= 0.6 is 0 Å². The van der Waals surface area contributed by atoms with Gasteiger partial charge in [0.1, 0.15) is 0 Å². The van der Waals surface area contributed by atoms with E-state index in [0.717, 1.165) is 37.7 Å². The van der Waals surface area contributed by atoms with Gasteiger partial charge in [0.25, 0.3) is 0 Å². The zero-order valence-corrected chi connectivity index (χ0v) is 17.8. The lowest BCUT2D eigenvalue weighted by molar-refractivity contribution is 0.0208. The molecule has 2 saturated heterocycles. The Bertz CT molecular complexity index is 588. The van der Waals surface area contributed by atoms with E-state index < -0.39 is 0 Å². The van der Waals surface area contributed by atoms with Gasteiger partial charge >= 0.3 is 0 Å². The van der Waals surface area contributed by atoms with Crippen molar-refractivity contribution in [2.75, 3.05) is 52.9 Å². The third-order valence-corrected chi connectivity index (χ3v) is 6.22. The highest BCUT2D eigenvalue weighted by Gasteiger charge is 2.39. The SMILES string of the molecule is CCNC(=NCC1(N2CCCCC2)CCN(C)CC1)NCCc1ccccn1. The van der Waals surface area contributed by atoms with Crippen LogP contribution in [0.5, 0.6) is 0 Å². The number of aliphatic imine (C=N–C) groups is 1. The zero-order chi connectivity index (χ0) is 19.7. The van der Waals surface area contributed by atoms with Crippen molar-refractivity contribution in [1.82, 2.24) is 25.4 Å². The molecule has 2 fully saturated rings. The van der Waals surface area contributed by atoms with E-state index >= 15 is 0 Å². The molecule has 156 valence electrons. The Morgan fingerprint density at radius 1 is 1.11 bits per heavy atom. The van der Waals surface area contributed by atoms with E-state index in [9.17, 15) is 0 Å². The summed E-state index contributed by atoms with van der Waals surface area (Å²) in [4.78, 5) is 14.7. The molecule has 0 radical (unpaired) electrons. The van der Waals surface area contributed by atoms with Gasteiger partial charge in [-0.2, -0.15) is 0 Å². The number of guanidine groups is 1. The van der Waals surface area contributed by atoms with Crippen molar-refractivity contribution in [3.05, 3.63) is 30.1 Å². The molecular formula is C22H38N6. The summed E-state index contributed by atoms with van der Waals surface area (Å²) in [5.74, 6) is 0.939. The molecule has 2 aliphatic heterocycles. The van der Waals surface area contributed by atoms with Gasteiger partial charge in [0.05, 0.1) is 6.54 Å². The molecule has 0 unspecified atom stereocenters. The van der Waals surface area contributed by atoms with Crippen LogP contribution in [0.25, 0.3) is 0 Å². The van der Waals surface area contributed by atoms with Crippen LogP contribution < -0.4 is 10.6 Å². The number of hydrogen-bond acceptors (Lipinski definition) is 4. The van der Waals surface area contributed by atoms with Gasteiger partial charge < -0.3 is 15.5 Å². The molecule has 0 bridgehead atoms. The van der Waals surface area contributed by atoms with Crippen molar-refractivity contribution in [2.24, 2.45) is 4.99 Å². The van der Waals surface area contributed by atoms with E-state index in [1.54, 1.807) is 0 Å². The van der Waals surface area contributed by atoms with Crippen molar-refractivity contribution >= 4 is 5.96 Å². The van der Waals surface area contributed by atoms with Crippen LogP contribution in [0.15, 0.2) is 29.4 Å². The fourth-order valence-electron chi connectivity index (χ4n) is 4.40. The highest BCUT2D eigenvalue weighted by molar-refractivity contribution is 5.79. The number of aromatic nitrogens is 1. The maximum atomic E-state index is 5.05. The minimum absolute atomic E-state index is 0.232. The molecule has 2 aliphatic rings. The molecule has 6 heteroatoms. The van der Waals surface area contributed by atoms with Gasteiger partial charge in [-0.05, 0) is 78.0 Å². The second kappa shape index (κ2) is 10.8. The predicted molar refractivity (Wildman–Crippen MR) is 117 cm³/mol. The Morgan fingerprint density at radius 3 is 2.57 bits per heavy atom. The molecule has 3 rings (SSSR count). The molecule has 1 aromatic heterocycles. The predicted octanol–water partition coefficient (Wildman–Crippen LogP) is 2.13. The Balaban J connectivity index is 1.62. The summed E-state index contributed by atoms with van der Waals surface area (Å²) in [6.07, 6.45) is 9.27. The number of pyridine rings is 1. The molecule has 3 heterocycles. The summed E-state index contributed by atoms with van der Waals surface area (Å²) in [7, 11) is 2.24. The highest BCUT2D eigenvalue weighted by atomic mass is 15.3. The molecule has 0 saturated carbocycles. The molecule has 2 N–H and O–H groups in total. The van der Waals surface area contributed by atoms with Crippen LogP contribution in [0.4, 0.5) is 0 Å². The summed E-state index contributed by atoms with van der Waals surface area (Å²) in [6.45, 7) is 9.58. The van der Waals surface area contributed by atoms with Crippen LogP contribution in [0.1, 0.15) is 44.7 Å². The third-order valence-electron chi connectivity index (χ3n) is 6.22. The molecule has 0 spiro atoms. The first-order valence-corrected chi connectivity index (χ1v) is 11.1. The number of hydrogen-bond donors (Lipinski definition) is 2. The summed E-state index contributed by atoms with van der Waals surface area (Å²) >= 11 is 0. The van der Waals surface area contributed by atoms with E-state index in [2.05, 4.69) is 45.5 Å². The summed E-state index contributed by atoms with van der Waals surface area (Å²) in [5, 5.41) is 6.93. The van der Waals surface area contributed by atoms with E-state index in [-0.39, 0.29) is 5.54 Å². The Hall–Kier alpha value is -1.66. The van der Waals surface area contributed by atoms with E-state index in [4.69, 9.17) is 4.99 Å². The fraction of sp³-hybridized carbons (Fsp3) is 0.727. The number of nitrogens with zero attached hydrogens (tertiary/aromatic N) is 4. The molecule has 6 nitrogen and oxygen atoms in total. The minimum atomic E-state index is 0.232. The lowest BCUT2D eigenvalue weighted by Gasteiger charge is -2.49. The second-order valence-corrected chi connectivity index (χ2v) is 8.27. The first-order chi connectivity index (χ1) is 13.7. The summed E-state index contributed by atoms with van der Waals surface area (Å²) < 4.78 is 0. The van der Waals surface area contributed by atoms with Gasteiger partial charge in [0, 0.05) is 36.9 Å². The van der Waals surface area contributed by atoms with Crippen LogP contribution in [0.2, 0.25) is 0 Å². The Morgan fingerprint density at radius 2 is 1.89 bits per heavy atom. The lowest BCUT2D eigenvalue weighted by atomic mass is 9.84. The molecule has 0 amide bonds. The maximum Gasteiger partial charge on any atom is 0.191 e. The highest BCUT2D eigenvalue weighted by Crippen LogP contribution is 2.31. The largest absolute Gasteiger partial charge is 0.357 e. The number of nitrogens with one attached hydrogen (secondary N) is 2. The number of piperidine rings is 2. The standard InChI is InChI=1S/C22H38N6/c1-3-23-21(25-14-10-20-9-5-6-13-24-20)26-19-22(11-17-27(2)18-12-22)28-15-7-4-8-16-28/h5-6,9,13H,3-4,7-8,10-12,14-19H2,1-2H3,(H2,23,25,26). The van der Waals surface area contributed by atoms with Gasteiger partial charge in [-0.3, -0.25) is 14.9 Å². The van der Waals surface area contributed by atoms with Gasteiger partial charge in [0.2, 0.25) is 0 Å². The fourth-order valence-corrected chi connectivity index (χ4v) is 4.40. The normalized spacial score (nSPS) is 21.4. The molecule has 1 aromatic rings. The summed E-state index contributed by atoms with van der Waals surface area (Å²) in [5.41, 5.74) is 1.35. The second-order valence-electron chi connectivity index (χ2n) is 8.27. The first kappa shape index (κ1) is 21.1. The van der Waals surface area contributed by atoms with Gasteiger partial charge in [-0.25, -0.2) is 0 Å². The van der Waals surface area contributed by atoms with Crippen LogP contribution in [-0.2, 0) is 6.42 Å². The molecule has 0 aromatic carbocycles. The Labute approximate surface area is 170 Å². The average Bonchev–Trinajstić information content (AvgIpc) is 2.75. The molecule has 0 atom stereocenters. The van der Waals surface area contributed by atoms with Crippen LogP contribution in [0, 0.1) is 0 Å². The monoisotopic (exact) mass is 386 g/mol. The van der Waals surface area contributed by atoms with E-state index in [1.807, 2.05) is 18.3 Å². The average molecular weight is 387 g/mol. The van der Waals surface area contributed by atoms with Gasteiger partial charge in [-0.1, -0.05) is 12.5 Å². The molecule has 28 heavy (non-hydrogen) atoms. The lowest BCUT2D eigenvalue weighted by Crippen LogP contribution is -2.58. The Kier molecular flexibility index (Phi) is 8.10.